The average molecular weight is 372 g/mol. The van der Waals surface area contributed by atoms with Gasteiger partial charge in [-0.05, 0) is 62.4 Å². The lowest BCUT2D eigenvalue weighted by Gasteiger charge is -2.10. The molecule has 0 fully saturated rings. The largest absolute Gasteiger partial charge is 0.484 e. The van der Waals surface area contributed by atoms with Crippen molar-refractivity contribution in [1.82, 2.24) is 9.78 Å². The number of ether oxygens (including phenoxy) is 2. The minimum absolute atomic E-state index is 0.123. The standard InChI is InChI=1S/C21H28N2O4/c1-6-12-26-21(25)17-8-10-18(11-9-17)27-13-19(24)23-16(5)20(14(3)7-2)15(4)22-23/h8-11,14H,6-7,12-13H2,1-5H3. The van der Waals surface area contributed by atoms with Gasteiger partial charge in [0.15, 0.2) is 6.61 Å². The fraction of sp³-hybridized carbons (Fsp3) is 0.476. The maximum atomic E-state index is 12.5. The number of benzene rings is 1. The maximum Gasteiger partial charge on any atom is 0.338 e. The van der Waals surface area contributed by atoms with Gasteiger partial charge in [-0.3, -0.25) is 4.79 Å². The van der Waals surface area contributed by atoms with E-state index in [9.17, 15) is 9.59 Å². The Bertz CT molecular complexity index is 793. The molecule has 6 heteroatoms. The van der Waals surface area contributed by atoms with Crippen molar-refractivity contribution in [3.8, 4) is 5.75 Å². The first kappa shape index (κ1) is 20.7. The predicted octanol–water partition coefficient (Wildman–Crippen LogP) is 4.30. The van der Waals surface area contributed by atoms with Crippen LogP contribution in [0.5, 0.6) is 5.75 Å². The third-order valence-corrected chi connectivity index (χ3v) is 4.58. The van der Waals surface area contributed by atoms with E-state index in [0.29, 0.717) is 23.8 Å². The van der Waals surface area contributed by atoms with Crippen LogP contribution in [0.2, 0.25) is 0 Å². The van der Waals surface area contributed by atoms with Gasteiger partial charge in [0, 0.05) is 5.69 Å². The zero-order valence-electron chi connectivity index (χ0n) is 16.7. The molecule has 1 atom stereocenters. The molecule has 2 rings (SSSR count). The summed E-state index contributed by atoms with van der Waals surface area (Å²) in [7, 11) is 0. The van der Waals surface area contributed by atoms with Crippen LogP contribution in [0.1, 0.15) is 71.6 Å². The summed E-state index contributed by atoms with van der Waals surface area (Å²) in [5, 5.41) is 4.38. The second-order valence-electron chi connectivity index (χ2n) is 6.65. The highest BCUT2D eigenvalue weighted by Gasteiger charge is 2.20. The molecule has 0 saturated carbocycles. The Kier molecular flexibility index (Phi) is 7.16. The van der Waals surface area contributed by atoms with E-state index in [-0.39, 0.29) is 18.5 Å². The second-order valence-corrected chi connectivity index (χ2v) is 6.65. The molecule has 146 valence electrons. The Morgan fingerprint density at radius 3 is 2.41 bits per heavy atom. The van der Waals surface area contributed by atoms with Crippen molar-refractivity contribution in [3.05, 3.63) is 46.8 Å². The summed E-state index contributed by atoms with van der Waals surface area (Å²) in [5.41, 5.74) is 3.33. The van der Waals surface area contributed by atoms with Crippen molar-refractivity contribution < 1.29 is 19.1 Å². The molecule has 0 aliphatic rings. The number of esters is 1. The number of hydrogen-bond acceptors (Lipinski definition) is 5. The van der Waals surface area contributed by atoms with Crippen LogP contribution in [0.25, 0.3) is 0 Å². The number of nitrogens with zero attached hydrogens (tertiary/aromatic N) is 2. The van der Waals surface area contributed by atoms with Crippen molar-refractivity contribution in [3.63, 3.8) is 0 Å². The normalized spacial score (nSPS) is 11.9. The lowest BCUT2D eigenvalue weighted by molar-refractivity contribution is 0.0504. The van der Waals surface area contributed by atoms with E-state index in [1.54, 1.807) is 24.3 Å². The first-order chi connectivity index (χ1) is 12.9. The van der Waals surface area contributed by atoms with Crippen molar-refractivity contribution in [2.75, 3.05) is 13.2 Å². The number of carbonyl (C=O) groups excluding carboxylic acids is 2. The molecule has 1 aromatic heterocycles. The number of rotatable bonds is 8. The first-order valence-electron chi connectivity index (χ1n) is 9.38. The molecule has 1 aromatic carbocycles. The average Bonchev–Trinajstić information content (AvgIpc) is 2.98. The summed E-state index contributed by atoms with van der Waals surface area (Å²) >= 11 is 0. The van der Waals surface area contributed by atoms with Crippen molar-refractivity contribution in [1.29, 1.82) is 0 Å². The van der Waals surface area contributed by atoms with Crippen molar-refractivity contribution in [2.45, 2.75) is 53.4 Å². The highest BCUT2D eigenvalue weighted by molar-refractivity contribution is 5.89. The van der Waals surface area contributed by atoms with E-state index in [2.05, 4.69) is 18.9 Å². The van der Waals surface area contributed by atoms with Gasteiger partial charge in [-0.15, -0.1) is 0 Å². The zero-order valence-corrected chi connectivity index (χ0v) is 16.7. The molecule has 0 radical (unpaired) electrons. The van der Waals surface area contributed by atoms with Crippen LogP contribution in [0.4, 0.5) is 0 Å². The minimum atomic E-state index is -0.361. The number of carbonyl (C=O) groups is 2. The molecule has 0 aliphatic carbocycles. The minimum Gasteiger partial charge on any atom is -0.484 e. The van der Waals surface area contributed by atoms with E-state index in [0.717, 1.165) is 29.8 Å². The van der Waals surface area contributed by atoms with E-state index in [1.165, 1.54) is 4.68 Å². The van der Waals surface area contributed by atoms with Crippen LogP contribution in [-0.2, 0) is 4.74 Å². The molecule has 1 heterocycles. The maximum absolute atomic E-state index is 12.5. The second kappa shape index (κ2) is 9.35. The third-order valence-electron chi connectivity index (χ3n) is 4.58. The molecular weight excluding hydrogens is 344 g/mol. The molecule has 27 heavy (non-hydrogen) atoms. The van der Waals surface area contributed by atoms with Gasteiger partial charge < -0.3 is 9.47 Å². The lowest BCUT2D eigenvalue weighted by atomic mass is 9.97. The SMILES string of the molecule is CCCOC(=O)c1ccc(OCC(=O)n2nc(C)c(C(C)CC)c2C)cc1. The Balaban J connectivity index is 2.01. The van der Waals surface area contributed by atoms with Crippen LogP contribution in [0.3, 0.4) is 0 Å². The first-order valence-corrected chi connectivity index (χ1v) is 9.38. The van der Waals surface area contributed by atoms with Gasteiger partial charge in [-0.2, -0.15) is 5.10 Å². The predicted molar refractivity (Wildman–Crippen MR) is 104 cm³/mol. The highest BCUT2D eigenvalue weighted by atomic mass is 16.5. The van der Waals surface area contributed by atoms with Crippen molar-refractivity contribution in [2.24, 2.45) is 0 Å². The van der Waals surface area contributed by atoms with Gasteiger partial charge in [0.05, 0.1) is 17.9 Å². The van der Waals surface area contributed by atoms with Gasteiger partial charge in [0.2, 0.25) is 0 Å². The summed E-state index contributed by atoms with van der Waals surface area (Å²) in [5.74, 6) is 0.280. The summed E-state index contributed by atoms with van der Waals surface area (Å²) in [6.07, 6.45) is 1.77. The van der Waals surface area contributed by atoms with E-state index in [1.807, 2.05) is 20.8 Å². The van der Waals surface area contributed by atoms with Crippen LogP contribution < -0.4 is 4.74 Å². The summed E-state index contributed by atoms with van der Waals surface area (Å²) in [4.78, 5) is 24.3. The van der Waals surface area contributed by atoms with E-state index >= 15 is 0 Å². The zero-order chi connectivity index (χ0) is 20.0. The van der Waals surface area contributed by atoms with E-state index in [4.69, 9.17) is 9.47 Å². The van der Waals surface area contributed by atoms with Gasteiger partial charge in [-0.1, -0.05) is 20.8 Å². The molecule has 0 saturated heterocycles. The summed E-state index contributed by atoms with van der Waals surface area (Å²) in [6.45, 7) is 10.3. The number of aryl methyl sites for hydroxylation is 1. The van der Waals surface area contributed by atoms with Gasteiger partial charge in [0.25, 0.3) is 5.91 Å². The topological polar surface area (TPSA) is 70.4 Å². The van der Waals surface area contributed by atoms with Gasteiger partial charge >= 0.3 is 5.97 Å². The van der Waals surface area contributed by atoms with Gasteiger partial charge in [-0.25, -0.2) is 9.48 Å². The Labute approximate surface area is 160 Å². The quantitative estimate of drug-likeness (QED) is 0.646. The number of hydrogen-bond donors (Lipinski definition) is 0. The molecule has 6 nitrogen and oxygen atoms in total. The number of aromatic nitrogens is 2. The lowest BCUT2D eigenvalue weighted by Crippen LogP contribution is -2.22. The summed E-state index contributed by atoms with van der Waals surface area (Å²) < 4.78 is 12.1. The van der Waals surface area contributed by atoms with Crippen LogP contribution in [-0.4, -0.2) is 34.9 Å². The van der Waals surface area contributed by atoms with Crippen LogP contribution >= 0.6 is 0 Å². The monoisotopic (exact) mass is 372 g/mol. The molecule has 0 spiro atoms. The highest BCUT2D eigenvalue weighted by Crippen LogP contribution is 2.25. The van der Waals surface area contributed by atoms with Gasteiger partial charge in [0.1, 0.15) is 5.75 Å². The Hall–Kier alpha value is -2.63. The molecule has 0 N–H and O–H groups in total. The fourth-order valence-electron chi connectivity index (χ4n) is 2.99. The molecular formula is C21H28N2O4. The fourth-order valence-corrected chi connectivity index (χ4v) is 2.99. The smallest absolute Gasteiger partial charge is 0.338 e. The molecule has 0 bridgehead atoms. The Morgan fingerprint density at radius 2 is 1.81 bits per heavy atom. The molecule has 0 amide bonds. The Morgan fingerprint density at radius 1 is 1.15 bits per heavy atom. The van der Waals surface area contributed by atoms with Crippen LogP contribution in [0, 0.1) is 13.8 Å². The van der Waals surface area contributed by atoms with E-state index < -0.39 is 0 Å². The van der Waals surface area contributed by atoms with Crippen molar-refractivity contribution >= 4 is 11.9 Å². The third kappa shape index (κ3) is 4.96. The molecule has 2 aromatic rings. The van der Waals surface area contributed by atoms with Crippen LogP contribution in [0.15, 0.2) is 24.3 Å². The molecule has 1 unspecified atom stereocenters. The molecule has 0 aliphatic heterocycles. The summed E-state index contributed by atoms with van der Waals surface area (Å²) in [6, 6.07) is 6.56.